The van der Waals surface area contributed by atoms with Crippen molar-refractivity contribution in [2.45, 2.75) is 32.2 Å². The van der Waals surface area contributed by atoms with Crippen LogP contribution in [-0.4, -0.2) is 24.0 Å². The summed E-state index contributed by atoms with van der Waals surface area (Å²) >= 11 is 0. The molecule has 1 aromatic heterocycles. The lowest BCUT2D eigenvalue weighted by molar-refractivity contribution is 0.0951. The number of carbonyl (C=O) groups excluding carboxylic acids is 1. The van der Waals surface area contributed by atoms with Crippen molar-refractivity contribution in [2.75, 3.05) is 12.4 Å². The molecule has 1 aromatic rings. The Balaban J connectivity index is 2.20. The quantitative estimate of drug-likeness (QED) is 0.808. The van der Waals surface area contributed by atoms with E-state index in [4.69, 9.17) is 0 Å². The molecule has 4 nitrogen and oxygen atoms in total. The highest BCUT2D eigenvalue weighted by Gasteiger charge is 2.24. The zero-order valence-electron chi connectivity index (χ0n) is 9.71. The Bertz CT molecular complexity index is 377. The lowest BCUT2D eigenvalue weighted by Gasteiger charge is -2.07. The minimum Gasteiger partial charge on any atom is -0.373 e. The van der Waals surface area contributed by atoms with Crippen LogP contribution >= 0.6 is 0 Å². The Morgan fingerprint density at radius 1 is 1.50 bits per heavy atom. The third-order valence-corrected chi connectivity index (χ3v) is 2.67. The zero-order chi connectivity index (χ0) is 11.5. The number of carbonyl (C=O) groups is 1. The fourth-order valence-corrected chi connectivity index (χ4v) is 1.52. The van der Waals surface area contributed by atoms with Crippen LogP contribution in [0, 0.1) is 0 Å². The van der Waals surface area contributed by atoms with Crippen molar-refractivity contribution in [3.63, 3.8) is 0 Å². The van der Waals surface area contributed by atoms with Crippen LogP contribution in [0.25, 0.3) is 0 Å². The van der Waals surface area contributed by atoms with E-state index in [1.807, 2.05) is 20.0 Å². The van der Waals surface area contributed by atoms with E-state index < -0.39 is 0 Å². The van der Waals surface area contributed by atoms with Crippen LogP contribution in [0.1, 0.15) is 35.8 Å². The molecule has 1 amide bonds. The van der Waals surface area contributed by atoms with Crippen molar-refractivity contribution < 1.29 is 4.79 Å². The molecule has 2 rings (SSSR count). The molecule has 1 fully saturated rings. The lowest BCUT2D eigenvalue weighted by atomic mass is 10.2. The highest BCUT2D eigenvalue weighted by atomic mass is 16.1. The van der Waals surface area contributed by atoms with Crippen molar-refractivity contribution in [3.8, 4) is 0 Å². The maximum Gasteiger partial charge on any atom is 0.251 e. The third kappa shape index (κ3) is 2.51. The topological polar surface area (TPSA) is 54.0 Å². The highest BCUT2D eigenvalue weighted by Crippen LogP contribution is 2.20. The summed E-state index contributed by atoms with van der Waals surface area (Å²) in [6.07, 6.45) is 3.05. The predicted molar refractivity (Wildman–Crippen MR) is 63.6 cm³/mol. The minimum absolute atomic E-state index is 0.0103. The standard InChI is InChI=1S/C12H17N3O/c1-3-9-6-8(7-11(13-2)14-9)12(16)15-10-4-5-10/h6-7,10H,3-5H2,1-2H3,(H,13,14)(H,15,16). The van der Waals surface area contributed by atoms with E-state index in [9.17, 15) is 4.79 Å². The van der Waals surface area contributed by atoms with Gasteiger partial charge in [-0.3, -0.25) is 4.79 Å². The number of rotatable bonds is 4. The highest BCUT2D eigenvalue weighted by molar-refractivity contribution is 5.95. The molecule has 0 saturated heterocycles. The molecule has 0 atom stereocenters. The molecular formula is C12H17N3O. The van der Waals surface area contributed by atoms with E-state index in [-0.39, 0.29) is 5.91 Å². The molecule has 1 aliphatic rings. The first-order valence-corrected chi connectivity index (χ1v) is 5.72. The van der Waals surface area contributed by atoms with Crippen LogP contribution in [0.15, 0.2) is 12.1 Å². The number of aromatic nitrogens is 1. The summed E-state index contributed by atoms with van der Waals surface area (Å²) in [5, 5.41) is 5.95. The smallest absolute Gasteiger partial charge is 0.251 e. The van der Waals surface area contributed by atoms with Crippen LogP contribution in [0.2, 0.25) is 0 Å². The van der Waals surface area contributed by atoms with Gasteiger partial charge in [0.1, 0.15) is 5.82 Å². The second kappa shape index (κ2) is 4.51. The zero-order valence-corrected chi connectivity index (χ0v) is 9.71. The number of pyridine rings is 1. The van der Waals surface area contributed by atoms with Crippen LogP contribution in [0.3, 0.4) is 0 Å². The fraction of sp³-hybridized carbons (Fsp3) is 0.500. The Labute approximate surface area is 95.5 Å². The van der Waals surface area contributed by atoms with Crippen molar-refractivity contribution >= 4 is 11.7 Å². The SMILES string of the molecule is CCc1cc(C(=O)NC2CC2)cc(NC)n1. The van der Waals surface area contributed by atoms with Crippen LogP contribution < -0.4 is 10.6 Å². The van der Waals surface area contributed by atoms with Gasteiger partial charge in [0.15, 0.2) is 0 Å². The van der Waals surface area contributed by atoms with Gasteiger partial charge in [0.25, 0.3) is 5.91 Å². The van der Waals surface area contributed by atoms with E-state index >= 15 is 0 Å². The Morgan fingerprint density at radius 2 is 2.25 bits per heavy atom. The van der Waals surface area contributed by atoms with Crippen LogP contribution in [0.4, 0.5) is 5.82 Å². The molecule has 0 aromatic carbocycles. The molecule has 1 saturated carbocycles. The van der Waals surface area contributed by atoms with Gasteiger partial charge >= 0.3 is 0 Å². The van der Waals surface area contributed by atoms with Gasteiger partial charge < -0.3 is 10.6 Å². The molecule has 4 heteroatoms. The molecule has 0 spiro atoms. The monoisotopic (exact) mass is 219 g/mol. The van der Waals surface area contributed by atoms with Crippen molar-refractivity contribution in [3.05, 3.63) is 23.4 Å². The molecule has 86 valence electrons. The Hall–Kier alpha value is -1.58. The number of hydrogen-bond acceptors (Lipinski definition) is 3. The maximum atomic E-state index is 11.9. The van der Waals surface area contributed by atoms with Gasteiger partial charge in [-0.1, -0.05) is 6.92 Å². The van der Waals surface area contributed by atoms with Gasteiger partial charge in [-0.25, -0.2) is 4.98 Å². The van der Waals surface area contributed by atoms with Gasteiger partial charge in [-0.15, -0.1) is 0 Å². The lowest BCUT2D eigenvalue weighted by Crippen LogP contribution is -2.25. The van der Waals surface area contributed by atoms with Gasteiger partial charge in [0.05, 0.1) is 0 Å². The molecule has 1 heterocycles. The number of nitrogens with one attached hydrogen (secondary N) is 2. The van der Waals surface area contributed by atoms with Gasteiger partial charge in [-0.05, 0) is 31.4 Å². The molecule has 0 radical (unpaired) electrons. The molecule has 0 aliphatic heterocycles. The first-order valence-electron chi connectivity index (χ1n) is 5.72. The predicted octanol–water partition coefficient (Wildman–Crippen LogP) is 1.58. The summed E-state index contributed by atoms with van der Waals surface area (Å²) in [6, 6.07) is 4.04. The van der Waals surface area contributed by atoms with E-state index in [0.717, 1.165) is 30.8 Å². The van der Waals surface area contributed by atoms with Crippen molar-refractivity contribution in [1.82, 2.24) is 10.3 Å². The first-order chi connectivity index (χ1) is 7.72. The summed E-state index contributed by atoms with van der Waals surface area (Å²) in [5.74, 6) is 0.761. The molecular weight excluding hydrogens is 202 g/mol. The molecule has 0 bridgehead atoms. The summed E-state index contributed by atoms with van der Waals surface area (Å²) in [7, 11) is 1.81. The van der Waals surface area contributed by atoms with Gasteiger partial charge in [-0.2, -0.15) is 0 Å². The Kier molecular flexibility index (Phi) is 3.08. The van der Waals surface area contributed by atoms with Crippen LogP contribution in [-0.2, 0) is 6.42 Å². The fourth-order valence-electron chi connectivity index (χ4n) is 1.52. The normalized spacial score (nSPS) is 14.6. The van der Waals surface area contributed by atoms with Crippen LogP contribution in [0.5, 0.6) is 0 Å². The van der Waals surface area contributed by atoms with E-state index in [1.165, 1.54) is 0 Å². The minimum atomic E-state index is 0.0103. The number of hydrogen-bond donors (Lipinski definition) is 2. The average molecular weight is 219 g/mol. The van der Waals surface area contributed by atoms with Crippen molar-refractivity contribution in [1.29, 1.82) is 0 Å². The summed E-state index contributed by atoms with van der Waals surface area (Å²) < 4.78 is 0. The number of anilines is 1. The maximum absolute atomic E-state index is 11.9. The van der Waals surface area contributed by atoms with E-state index in [2.05, 4.69) is 15.6 Å². The first kappa shape index (κ1) is 10.9. The van der Waals surface area contributed by atoms with Gasteiger partial charge in [0, 0.05) is 24.3 Å². The number of nitrogens with zero attached hydrogens (tertiary/aromatic N) is 1. The third-order valence-electron chi connectivity index (χ3n) is 2.67. The number of aryl methyl sites for hydroxylation is 1. The van der Waals surface area contributed by atoms with Gasteiger partial charge in [0.2, 0.25) is 0 Å². The molecule has 1 aliphatic carbocycles. The number of amides is 1. The molecule has 16 heavy (non-hydrogen) atoms. The summed E-state index contributed by atoms with van der Waals surface area (Å²) in [5.41, 5.74) is 1.64. The summed E-state index contributed by atoms with van der Waals surface area (Å²) in [4.78, 5) is 16.2. The van der Waals surface area contributed by atoms with E-state index in [0.29, 0.717) is 11.6 Å². The molecule has 2 N–H and O–H groups in total. The second-order valence-corrected chi connectivity index (χ2v) is 4.08. The van der Waals surface area contributed by atoms with Crippen molar-refractivity contribution in [2.24, 2.45) is 0 Å². The second-order valence-electron chi connectivity index (χ2n) is 4.08. The largest absolute Gasteiger partial charge is 0.373 e. The Morgan fingerprint density at radius 3 is 2.81 bits per heavy atom. The summed E-state index contributed by atoms with van der Waals surface area (Å²) in [6.45, 7) is 2.03. The van der Waals surface area contributed by atoms with E-state index in [1.54, 1.807) is 6.07 Å². The molecule has 0 unspecified atom stereocenters. The average Bonchev–Trinajstić information content (AvgIpc) is 3.12.